The Balaban J connectivity index is 2.75. The lowest BCUT2D eigenvalue weighted by Crippen LogP contribution is -2.47. The maximum atomic E-state index is 12.3. The number of ketones is 1. The van der Waals surface area contributed by atoms with Gasteiger partial charge in [0.15, 0.2) is 5.78 Å². The van der Waals surface area contributed by atoms with Gasteiger partial charge in [-0.1, -0.05) is 37.0 Å². The molecule has 0 aliphatic rings. The zero-order valence-electron chi connectivity index (χ0n) is 14.9. The monoisotopic (exact) mass is 361 g/mol. The number of hydrogen-bond donors (Lipinski definition) is 3. The van der Waals surface area contributed by atoms with Crippen molar-refractivity contribution in [3.05, 3.63) is 33.8 Å². The molecule has 5 nitrogen and oxygen atoms in total. The molecule has 0 radical (unpaired) electrons. The summed E-state index contributed by atoms with van der Waals surface area (Å²) in [6, 6.07) is 0.724. The Morgan fingerprint density at radius 1 is 1.35 bits per heavy atom. The van der Waals surface area contributed by atoms with E-state index in [1.165, 1.54) is 6.07 Å². The number of Topliss-reactive ketones (excluding diaryl/α,β-unsaturated/α-hetero) is 1. The Morgan fingerprint density at radius 3 is 2.57 bits per heavy atom. The fourth-order valence-corrected chi connectivity index (χ4v) is 2.35. The normalized spacial score (nSPS) is 13.3. The van der Waals surface area contributed by atoms with Crippen LogP contribution < -0.4 is 5.32 Å². The molecule has 126 valence electrons. The van der Waals surface area contributed by atoms with Crippen LogP contribution in [0.3, 0.4) is 0 Å². The van der Waals surface area contributed by atoms with E-state index in [1.54, 1.807) is 0 Å². The van der Waals surface area contributed by atoms with Crippen molar-refractivity contribution in [3.63, 3.8) is 0 Å². The molecule has 0 saturated heterocycles. The standard InChI is InChI=1S/C15H20BCl2NO4/c1-9(2)7-14(16(22)23)19-15(21)6-5-13(20)11-8-10(17)3-4-12(11)18/h3-4,8-9,14,22-23H,5-7H2,1-2H3,(H,19,21)/t14-/m0/s1/i4D,8D. The van der Waals surface area contributed by atoms with Gasteiger partial charge in [0.2, 0.25) is 5.91 Å². The molecule has 0 saturated carbocycles. The van der Waals surface area contributed by atoms with Crippen molar-refractivity contribution >= 4 is 42.0 Å². The molecule has 0 unspecified atom stereocenters. The first-order valence-electron chi connectivity index (χ1n) is 8.18. The summed E-state index contributed by atoms with van der Waals surface area (Å²) in [5.41, 5.74) is -0.187. The average Bonchev–Trinajstić information content (AvgIpc) is 2.50. The summed E-state index contributed by atoms with van der Waals surface area (Å²) in [4.78, 5) is 24.2. The number of nitrogens with one attached hydrogen (secondary N) is 1. The van der Waals surface area contributed by atoms with Gasteiger partial charge in [-0.15, -0.1) is 0 Å². The molecule has 1 amide bonds. The Morgan fingerprint density at radius 2 is 2.00 bits per heavy atom. The summed E-state index contributed by atoms with van der Waals surface area (Å²) in [6.07, 6.45) is -0.0839. The second-order valence-corrected chi connectivity index (χ2v) is 6.38. The van der Waals surface area contributed by atoms with Crippen LogP contribution in [0.1, 0.15) is 46.2 Å². The molecule has 23 heavy (non-hydrogen) atoms. The van der Waals surface area contributed by atoms with E-state index in [1.807, 2.05) is 13.8 Å². The highest BCUT2D eigenvalue weighted by Crippen LogP contribution is 2.22. The van der Waals surface area contributed by atoms with Crippen LogP contribution in [-0.2, 0) is 4.79 Å². The third-order valence-corrected chi connectivity index (χ3v) is 3.58. The van der Waals surface area contributed by atoms with E-state index in [0.717, 1.165) is 0 Å². The van der Waals surface area contributed by atoms with E-state index in [-0.39, 0.29) is 46.5 Å². The number of benzene rings is 1. The van der Waals surface area contributed by atoms with Crippen molar-refractivity contribution in [1.82, 2.24) is 5.32 Å². The number of carbonyl (C=O) groups is 2. The highest BCUT2D eigenvalue weighted by Gasteiger charge is 2.26. The molecular formula is C15H20BCl2NO4. The number of halogens is 2. The molecule has 1 atom stereocenters. The van der Waals surface area contributed by atoms with E-state index in [0.29, 0.717) is 6.42 Å². The number of rotatable bonds is 8. The number of amides is 1. The van der Waals surface area contributed by atoms with Gasteiger partial charge in [0.25, 0.3) is 0 Å². The Bertz CT molecular complexity index is 633. The minimum Gasteiger partial charge on any atom is -0.426 e. The number of carbonyl (C=O) groups excluding carboxylic acids is 2. The smallest absolute Gasteiger partial charge is 0.426 e. The maximum Gasteiger partial charge on any atom is 0.475 e. The summed E-state index contributed by atoms with van der Waals surface area (Å²) in [6.45, 7) is 3.75. The molecule has 0 aromatic heterocycles. The quantitative estimate of drug-likeness (QED) is 0.490. The first-order valence-corrected chi connectivity index (χ1v) is 7.94. The predicted molar refractivity (Wildman–Crippen MR) is 91.6 cm³/mol. The van der Waals surface area contributed by atoms with Gasteiger partial charge in [0.05, 0.1) is 13.7 Å². The minimum absolute atomic E-state index is 0.0670. The molecule has 0 aliphatic heterocycles. The lowest BCUT2D eigenvalue weighted by atomic mass is 9.75. The van der Waals surface area contributed by atoms with Crippen molar-refractivity contribution in [2.45, 2.75) is 39.1 Å². The van der Waals surface area contributed by atoms with Crippen LogP contribution >= 0.6 is 23.2 Å². The SMILES string of the molecule is [2H]c1cc(Cl)c([2H])c(C(=O)CCC(=O)N[C@@H](CC(C)C)B(O)O)c1Cl. The zero-order valence-corrected chi connectivity index (χ0v) is 14.4. The molecular weight excluding hydrogens is 340 g/mol. The molecule has 1 aromatic carbocycles. The highest BCUT2D eigenvalue weighted by atomic mass is 35.5. The maximum absolute atomic E-state index is 12.3. The van der Waals surface area contributed by atoms with Crippen LogP contribution in [-0.4, -0.2) is 34.8 Å². The van der Waals surface area contributed by atoms with Gasteiger partial charge < -0.3 is 15.4 Å². The summed E-state index contributed by atoms with van der Waals surface area (Å²) >= 11 is 11.7. The first-order chi connectivity index (χ1) is 11.5. The molecule has 1 aromatic rings. The fourth-order valence-electron chi connectivity index (χ4n) is 2.00. The molecule has 1 rings (SSSR count). The second-order valence-electron chi connectivity index (χ2n) is 5.59. The fraction of sp³-hybridized carbons (Fsp3) is 0.467. The lowest BCUT2D eigenvalue weighted by Gasteiger charge is -2.19. The Hall–Kier alpha value is -1.08. The van der Waals surface area contributed by atoms with Crippen molar-refractivity contribution < 1.29 is 22.4 Å². The van der Waals surface area contributed by atoms with Crippen molar-refractivity contribution in [3.8, 4) is 0 Å². The highest BCUT2D eigenvalue weighted by molar-refractivity contribution is 6.43. The summed E-state index contributed by atoms with van der Waals surface area (Å²) < 4.78 is 15.4. The van der Waals surface area contributed by atoms with Crippen LogP contribution in [0.5, 0.6) is 0 Å². The van der Waals surface area contributed by atoms with E-state index in [4.69, 9.17) is 25.9 Å². The molecule has 3 N–H and O–H groups in total. The van der Waals surface area contributed by atoms with E-state index in [2.05, 4.69) is 5.32 Å². The van der Waals surface area contributed by atoms with Gasteiger partial charge in [-0.05, 0) is 30.5 Å². The van der Waals surface area contributed by atoms with Crippen LogP contribution in [0.25, 0.3) is 0 Å². The zero-order chi connectivity index (χ0) is 19.3. The second kappa shape index (κ2) is 9.28. The summed E-state index contributed by atoms with van der Waals surface area (Å²) in [7, 11) is -1.70. The number of hydrogen-bond acceptors (Lipinski definition) is 4. The van der Waals surface area contributed by atoms with Crippen LogP contribution in [0.2, 0.25) is 10.0 Å². The Kier molecular flexibility index (Phi) is 6.76. The van der Waals surface area contributed by atoms with Crippen molar-refractivity contribution in [2.75, 3.05) is 0 Å². The van der Waals surface area contributed by atoms with Crippen LogP contribution in [0, 0.1) is 5.92 Å². The summed E-state index contributed by atoms with van der Waals surface area (Å²) in [5.74, 6) is -1.79. The van der Waals surface area contributed by atoms with Crippen molar-refractivity contribution in [2.24, 2.45) is 5.92 Å². The van der Waals surface area contributed by atoms with Gasteiger partial charge in [0.1, 0.15) is 0 Å². The van der Waals surface area contributed by atoms with Gasteiger partial charge in [0, 0.05) is 23.4 Å². The van der Waals surface area contributed by atoms with E-state index in [9.17, 15) is 19.6 Å². The molecule has 0 aliphatic carbocycles. The van der Waals surface area contributed by atoms with Gasteiger partial charge >= 0.3 is 7.12 Å². The van der Waals surface area contributed by atoms with Gasteiger partial charge in [-0.2, -0.15) is 0 Å². The molecule has 0 heterocycles. The lowest BCUT2D eigenvalue weighted by molar-refractivity contribution is -0.121. The molecule has 0 fully saturated rings. The third-order valence-electron chi connectivity index (χ3n) is 3.08. The molecule has 0 spiro atoms. The average molecular weight is 362 g/mol. The van der Waals surface area contributed by atoms with Crippen molar-refractivity contribution in [1.29, 1.82) is 0 Å². The summed E-state index contributed by atoms with van der Waals surface area (Å²) in [5, 5.41) is 20.8. The topological polar surface area (TPSA) is 86.6 Å². The van der Waals surface area contributed by atoms with Gasteiger partial charge in [-0.25, -0.2) is 0 Å². The molecule has 8 heteroatoms. The first kappa shape index (κ1) is 16.8. The van der Waals surface area contributed by atoms with Crippen LogP contribution in [0.4, 0.5) is 0 Å². The van der Waals surface area contributed by atoms with E-state index >= 15 is 0 Å². The predicted octanol–water partition coefficient (Wildman–Crippen LogP) is 2.50. The van der Waals surface area contributed by atoms with Gasteiger partial charge in [-0.3, -0.25) is 9.59 Å². The van der Waals surface area contributed by atoms with E-state index < -0.39 is 24.8 Å². The third kappa shape index (κ3) is 6.91. The Labute approximate surface area is 148 Å². The largest absolute Gasteiger partial charge is 0.475 e. The molecule has 0 bridgehead atoms. The minimum atomic E-state index is -1.70. The van der Waals surface area contributed by atoms with Crippen LogP contribution in [0.15, 0.2) is 18.2 Å².